The second kappa shape index (κ2) is 7.31. The lowest BCUT2D eigenvalue weighted by Gasteiger charge is -2.25. The van der Waals surface area contributed by atoms with Gasteiger partial charge in [-0.05, 0) is 43.7 Å². The molecule has 1 aliphatic rings. The number of amides is 1. The average Bonchev–Trinajstić information content (AvgIpc) is 2.53. The van der Waals surface area contributed by atoms with Crippen molar-refractivity contribution in [2.75, 3.05) is 20.8 Å². The first-order chi connectivity index (χ1) is 10.1. The van der Waals surface area contributed by atoms with Crippen molar-refractivity contribution in [2.45, 2.75) is 31.8 Å². The van der Waals surface area contributed by atoms with E-state index in [-0.39, 0.29) is 12.0 Å². The SMILES string of the molecule is COc1ccc(C(=O)NCC2CCC(O)CC2)c(OC)c1. The topological polar surface area (TPSA) is 67.8 Å². The van der Waals surface area contributed by atoms with Crippen molar-refractivity contribution in [1.82, 2.24) is 5.32 Å². The Morgan fingerprint density at radius 2 is 1.95 bits per heavy atom. The summed E-state index contributed by atoms with van der Waals surface area (Å²) in [7, 11) is 3.11. The van der Waals surface area contributed by atoms with E-state index in [4.69, 9.17) is 9.47 Å². The molecule has 0 radical (unpaired) electrons. The Balaban J connectivity index is 1.94. The van der Waals surface area contributed by atoms with Gasteiger partial charge in [0.05, 0.1) is 25.9 Å². The lowest BCUT2D eigenvalue weighted by Crippen LogP contribution is -2.32. The Labute approximate surface area is 125 Å². The van der Waals surface area contributed by atoms with E-state index in [0.29, 0.717) is 29.5 Å². The van der Waals surface area contributed by atoms with Crippen LogP contribution in [0.2, 0.25) is 0 Å². The van der Waals surface area contributed by atoms with Crippen LogP contribution in [-0.2, 0) is 0 Å². The second-order valence-electron chi connectivity index (χ2n) is 5.45. The monoisotopic (exact) mass is 293 g/mol. The summed E-state index contributed by atoms with van der Waals surface area (Å²) >= 11 is 0. The van der Waals surface area contributed by atoms with E-state index in [1.165, 1.54) is 7.11 Å². The minimum Gasteiger partial charge on any atom is -0.497 e. The predicted molar refractivity (Wildman–Crippen MR) is 79.8 cm³/mol. The van der Waals surface area contributed by atoms with Crippen molar-refractivity contribution >= 4 is 5.91 Å². The maximum Gasteiger partial charge on any atom is 0.255 e. The molecule has 0 spiro atoms. The third-order valence-electron chi connectivity index (χ3n) is 4.02. The molecule has 1 fully saturated rings. The summed E-state index contributed by atoms with van der Waals surface area (Å²) < 4.78 is 10.4. The van der Waals surface area contributed by atoms with Crippen LogP contribution in [-0.4, -0.2) is 37.9 Å². The quantitative estimate of drug-likeness (QED) is 0.871. The summed E-state index contributed by atoms with van der Waals surface area (Å²) in [6, 6.07) is 5.15. The van der Waals surface area contributed by atoms with Gasteiger partial charge in [0.1, 0.15) is 11.5 Å². The molecular weight excluding hydrogens is 270 g/mol. The molecule has 1 amide bonds. The summed E-state index contributed by atoms with van der Waals surface area (Å²) in [5.74, 6) is 1.47. The number of aliphatic hydroxyl groups excluding tert-OH is 1. The number of aliphatic hydroxyl groups is 1. The van der Waals surface area contributed by atoms with Crippen LogP contribution >= 0.6 is 0 Å². The maximum absolute atomic E-state index is 12.2. The highest BCUT2D eigenvalue weighted by molar-refractivity contribution is 5.97. The van der Waals surface area contributed by atoms with E-state index in [1.54, 1.807) is 25.3 Å². The van der Waals surface area contributed by atoms with Gasteiger partial charge in [0.25, 0.3) is 5.91 Å². The first-order valence-electron chi connectivity index (χ1n) is 7.32. The molecule has 2 rings (SSSR count). The van der Waals surface area contributed by atoms with E-state index in [2.05, 4.69) is 5.32 Å². The smallest absolute Gasteiger partial charge is 0.255 e. The third kappa shape index (κ3) is 4.11. The molecular formula is C16H23NO4. The van der Waals surface area contributed by atoms with E-state index < -0.39 is 0 Å². The number of ether oxygens (including phenoxy) is 2. The molecule has 21 heavy (non-hydrogen) atoms. The molecule has 1 aromatic carbocycles. The first kappa shape index (κ1) is 15.6. The van der Waals surface area contributed by atoms with Crippen molar-refractivity contribution in [1.29, 1.82) is 0 Å². The van der Waals surface area contributed by atoms with Crippen LogP contribution in [0.5, 0.6) is 11.5 Å². The largest absolute Gasteiger partial charge is 0.497 e. The molecule has 0 unspecified atom stereocenters. The van der Waals surface area contributed by atoms with E-state index in [1.807, 2.05) is 0 Å². The van der Waals surface area contributed by atoms with Gasteiger partial charge >= 0.3 is 0 Å². The minimum atomic E-state index is -0.168. The molecule has 0 saturated heterocycles. The summed E-state index contributed by atoms with van der Waals surface area (Å²) in [5.41, 5.74) is 0.508. The third-order valence-corrected chi connectivity index (χ3v) is 4.02. The Kier molecular flexibility index (Phi) is 5.44. The van der Waals surface area contributed by atoms with Crippen LogP contribution in [0.3, 0.4) is 0 Å². The van der Waals surface area contributed by atoms with Crippen molar-refractivity contribution in [2.24, 2.45) is 5.92 Å². The number of carbonyl (C=O) groups is 1. The van der Waals surface area contributed by atoms with Crippen LogP contribution in [0, 0.1) is 5.92 Å². The molecule has 116 valence electrons. The van der Waals surface area contributed by atoms with Gasteiger partial charge in [-0.25, -0.2) is 0 Å². The number of carbonyl (C=O) groups excluding carboxylic acids is 1. The fourth-order valence-corrected chi connectivity index (χ4v) is 2.67. The van der Waals surface area contributed by atoms with Crippen LogP contribution in [0.15, 0.2) is 18.2 Å². The van der Waals surface area contributed by atoms with Gasteiger partial charge in [0.15, 0.2) is 0 Å². The summed E-state index contributed by atoms with van der Waals surface area (Å²) in [6.07, 6.45) is 3.40. The number of rotatable bonds is 5. The van der Waals surface area contributed by atoms with E-state index >= 15 is 0 Å². The summed E-state index contributed by atoms with van der Waals surface area (Å²) in [4.78, 5) is 12.2. The van der Waals surface area contributed by atoms with Crippen molar-refractivity contribution in [3.05, 3.63) is 23.8 Å². The standard InChI is InChI=1S/C16H23NO4/c1-20-13-7-8-14(15(9-13)21-2)16(19)17-10-11-3-5-12(18)6-4-11/h7-9,11-12,18H,3-6,10H2,1-2H3,(H,17,19). The number of nitrogens with one attached hydrogen (secondary N) is 1. The second-order valence-corrected chi connectivity index (χ2v) is 5.45. The normalized spacial score (nSPS) is 21.7. The highest BCUT2D eigenvalue weighted by atomic mass is 16.5. The minimum absolute atomic E-state index is 0.138. The van der Waals surface area contributed by atoms with Gasteiger partial charge in [-0.15, -0.1) is 0 Å². The zero-order valence-electron chi connectivity index (χ0n) is 12.6. The zero-order chi connectivity index (χ0) is 15.2. The lowest BCUT2D eigenvalue weighted by atomic mass is 9.87. The number of hydrogen-bond donors (Lipinski definition) is 2. The van der Waals surface area contributed by atoms with Crippen LogP contribution in [0.4, 0.5) is 0 Å². The van der Waals surface area contributed by atoms with Crippen LogP contribution in [0.1, 0.15) is 36.0 Å². The number of methoxy groups -OCH3 is 2. The molecule has 0 bridgehead atoms. The van der Waals surface area contributed by atoms with Crippen molar-refractivity contribution in [3.8, 4) is 11.5 Å². The molecule has 0 aliphatic heterocycles. The summed E-state index contributed by atoms with van der Waals surface area (Å²) in [6.45, 7) is 0.640. The Morgan fingerprint density at radius 1 is 1.24 bits per heavy atom. The fraction of sp³-hybridized carbons (Fsp3) is 0.562. The van der Waals surface area contributed by atoms with Gasteiger partial charge in [0.2, 0.25) is 0 Å². The van der Waals surface area contributed by atoms with E-state index in [0.717, 1.165) is 25.7 Å². The molecule has 5 nitrogen and oxygen atoms in total. The molecule has 0 atom stereocenters. The van der Waals surface area contributed by atoms with Crippen LogP contribution < -0.4 is 14.8 Å². The lowest BCUT2D eigenvalue weighted by molar-refractivity contribution is 0.0907. The number of hydrogen-bond acceptors (Lipinski definition) is 4. The predicted octanol–water partition coefficient (Wildman–Crippen LogP) is 1.98. The summed E-state index contributed by atoms with van der Waals surface area (Å²) in [5, 5.41) is 12.4. The molecule has 0 heterocycles. The van der Waals surface area contributed by atoms with Crippen LogP contribution in [0.25, 0.3) is 0 Å². The molecule has 0 aromatic heterocycles. The van der Waals surface area contributed by atoms with Crippen molar-refractivity contribution in [3.63, 3.8) is 0 Å². The van der Waals surface area contributed by atoms with Gasteiger partial charge in [-0.2, -0.15) is 0 Å². The highest BCUT2D eigenvalue weighted by Gasteiger charge is 2.20. The van der Waals surface area contributed by atoms with Gasteiger partial charge in [-0.1, -0.05) is 0 Å². The Bertz CT molecular complexity index is 481. The van der Waals surface area contributed by atoms with Gasteiger partial charge < -0.3 is 19.9 Å². The fourth-order valence-electron chi connectivity index (χ4n) is 2.67. The number of benzene rings is 1. The first-order valence-corrected chi connectivity index (χ1v) is 7.32. The van der Waals surface area contributed by atoms with Crippen molar-refractivity contribution < 1.29 is 19.4 Å². The molecule has 2 N–H and O–H groups in total. The van der Waals surface area contributed by atoms with E-state index in [9.17, 15) is 9.90 Å². The molecule has 1 saturated carbocycles. The molecule has 5 heteroatoms. The zero-order valence-corrected chi connectivity index (χ0v) is 12.6. The van der Waals surface area contributed by atoms with Gasteiger partial charge in [-0.3, -0.25) is 4.79 Å². The molecule has 1 aromatic rings. The van der Waals surface area contributed by atoms with Gasteiger partial charge in [0, 0.05) is 12.6 Å². The molecule has 1 aliphatic carbocycles. The Hall–Kier alpha value is -1.75. The Morgan fingerprint density at radius 3 is 2.57 bits per heavy atom. The highest BCUT2D eigenvalue weighted by Crippen LogP contribution is 2.26. The average molecular weight is 293 g/mol. The maximum atomic E-state index is 12.2.